The molecule has 3 nitrogen and oxygen atoms in total. The molecule has 1 saturated carbocycles. The smallest absolute Gasteiger partial charge is 0.210 e. The summed E-state index contributed by atoms with van der Waals surface area (Å²) in [6.45, 7) is 8.66. The molecule has 0 aromatic heterocycles. The van der Waals surface area contributed by atoms with Crippen molar-refractivity contribution >= 4 is 11.5 Å². The van der Waals surface area contributed by atoms with Gasteiger partial charge in [-0.25, -0.2) is 0 Å². The monoisotopic (exact) mass is 496 g/mol. The maximum absolute atomic E-state index is 12.8. The number of methoxy groups -OCH3 is 1. The van der Waals surface area contributed by atoms with Crippen molar-refractivity contribution in [3.05, 3.63) is 41.0 Å². The molecule has 1 spiro atoms. The molecule has 1 heterocycles. The molecule has 0 saturated heterocycles. The number of amides is 1. The molecule has 0 radical (unpaired) electrons. The predicted octanol–water partition coefficient (Wildman–Crippen LogP) is 3.66. The number of ether oxygens (including phenoxy) is 1. The van der Waals surface area contributed by atoms with E-state index >= 15 is 0 Å². The van der Waals surface area contributed by atoms with E-state index < -0.39 is 0 Å². The van der Waals surface area contributed by atoms with Crippen LogP contribution in [0.3, 0.4) is 0 Å². The van der Waals surface area contributed by atoms with Crippen LogP contribution in [0, 0.1) is 18.4 Å². The summed E-state index contributed by atoms with van der Waals surface area (Å²) in [5, 5.41) is 3.30. The van der Waals surface area contributed by atoms with Crippen LogP contribution in [0.25, 0.3) is 5.57 Å². The van der Waals surface area contributed by atoms with Gasteiger partial charge in [0.25, 0.3) is 0 Å². The van der Waals surface area contributed by atoms with Crippen LogP contribution >= 0.6 is 0 Å². The van der Waals surface area contributed by atoms with Crippen molar-refractivity contribution in [1.82, 2.24) is 5.32 Å². The van der Waals surface area contributed by atoms with Gasteiger partial charge in [0, 0.05) is 28.2 Å². The summed E-state index contributed by atoms with van der Waals surface area (Å²) >= 11 is 0. The normalized spacial score (nSPS) is 28.7. The van der Waals surface area contributed by atoms with Crippen molar-refractivity contribution in [1.29, 1.82) is 0 Å². The molecule has 4 heteroatoms. The summed E-state index contributed by atoms with van der Waals surface area (Å²) in [6, 6.07) is 9.13. The molecule has 0 bridgehead atoms. The van der Waals surface area contributed by atoms with E-state index in [0.717, 1.165) is 41.5 Å². The fourth-order valence-electron chi connectivity index (χ4n) is 4.46. The van der Waals surface area contributed by atoms with Crippen LogP contribution in [0.15, 0.2) is 23.8 Å². The van der Waals surface area contributed by atoms with Gasteiger partial charge in [-0.1, -0.05) is 26.3 Å². The molecule has 2 aliphatic rings. The Hall–Kier alpha value is -0.922. The van der Waals surface area contributed by atoms with E-state index in [4.69, 9.17) is 4.74 Å². The van der Waals surface area contributed by atoms with E-state index in [2.05, 4.69) is 32.2 Å². The number of carbonyl (C=O) groups is 1. The Morgan fingerprint density at radius 2 is 2.00 bits per heavy atom. The molecule has 2 unspecified atom stereocenters. The minimum absolute atomic E-state index is 0. The summed E-state index contributed by atoms with van der Waals surface area (Å²) in [7, 11) is 1.77. The first-order chi connectivity index (χ1) is 10.8. The van der Waals surface area contributed by atoms with Crippen LogP contribution in [0.1, 0.15) is 51.2 Å². The molecule has 3 rings (SSSR count). The standard InChI is InChI=1S/C20H26NO2.W/c1-13-8-6-7-9-16(13)17-14(2)20(21-18(17)22)11-15(23-5)10-19(3,4)12-20;/h6-8,15H,10-12H2,1-5H3,(H,21,22);/q-1;. The maximum Gasteiger partial charge on any atom is 0.210 e. The fourth-order valence-corrected chi connectivity index (χ4v) is 4.46. The van der Waals surface area contributed by atoms with Gasteiger partial charge in [-0.2, -0.15) is 0 Å². The van der Waals surface area contributed by atoms with E-state index in [0.29, 0.717) is 0 Å². The zero-order valence-corrected chi connectivity index (χ0v) is 18.1. The van der Waals surface area contributed by atoms with Crippen molar-refractivity contribution in [3.8, 4) is 0 Å². The summed E-state index contributed by atoms with van der Waals surface area (Å²) in [6.07, 6.45) is 3.00. The molecule has 2 atom stereocenters. The number of nitrogens with one attached hydrogen (secondary N) is 1. The maximum atomic E-state index is 12.8. The van der Waals surface area contributed by atoms with Crippen molar-refractivity contribution < 1.29 is 30.6 Å². The van der Waals surface area contributed by atoms with Gasteiger partial charge >= 0.3 is 0 Å². The summed E-state index contributed by atoms with van der Waals surface area (Å²) in [4.78, 5) is 12.8. The molecular formula is C20H26NO2W-. The van der Waals surface area contributed by atoms with Crippen LogP contribution < -0.4 is 5.32 Å². The molecule has 1 aromatic carbocycles. The van der Waals surface area contributed by atoms with E-state index in [1.165, 1.54) is 0 Å². The Labute approximate surface area is 159 Å². The minimum Gasteiger partial charge on any atom is -0.381 e. The Bertz CT molecular complexity index is 680. The van der Waals surface area contributed by atoms with Crippen molar-refractivity contribution in [2.75, 3.05) is 7.11 Å². The third-order valence-electron chi connectivity index (χ3n) is 5.46. The summed E-state index contributed by atoms with van der Waals surface area (Å²) in [5.41, 5.74) is 3.81. The zero-order valence-electron chi connectivity index (χ0n) is 15.2. The SMILES string of the molecule is COC1CC(C)(C)CC2(C1)NC(=O)C(c1[c-]cccc1C)=C2C.[W]. The van der Waals surface area contributed by atoms with Gasteiger partial charge in [0.05, 0.1) is 11.6 Å². The molecule has 1 amide bonds. The first-order valence-corrected chi connectivity index (χ1v) is 8.32. The van der Waals surface area contributed by atoms with Crippen LogP contribution in [0.2, 0.25) is 0 Å². The predicted molar refractivity (Wildman–Crippen MR) is 91.9 cm³/mol. The Balaban J connectivity index is 0.00000208. The Morgan fingerprint density at radius 1 is 1.29 bits per heavy atom. The zero-order chi connectivity index (χ0) is 16.8. The number of hydrogen-bond donors (Lipinski definition) is 1. The van der Waals surface area contributed by atoms with Crippen LogP contribution in [-0.4, -0.2) is 24.7 Å². The Morgan fingerprint density at radius 3 is 2.62 bits per heavy atom. The van der Waals surface area contributed by atoms with Gasteiger partial charge < -0.3 is 10.1 Å². The second-order valence-corrected chi connectivity index (χ2v) is 7.87. The van der Waals surface area contributed by atoms with Gasteiger partial charge in [0.2, 0.25) is 5.91 Å². The fraction of sp³-hybridized carbons (Fsp3) is 0.550. The van der Waals surface area contributed by atoms with Gasteiger partial charge in [-0.3, -0.25) is 4.79 Å². The molecule has 24 heavy (non-hydrogen) atoms. The van der Waals surface area contributed by atoms with E-state index in [1.54, 1.807) is 7.11 Å². The van der Waals surface area contributed by atoms with E-state index in [9.17, 15) is 4.79 Å². The van der Waals surface area contributed by atoms with Crippen molar-refractivity contribution in [2.45, 2.75) is 58.6 Å². The topological polar surface area (TPSA) is 38.3 Å². The number of benzene rings is 1. The number of hydrogen-bond acceptors (Lipinski definition) is 2. The molecule has 1 fully saturated rings. The number of carbonyl (C=O) groups excluding carboxylic acids is 1. The van der Waals surface area contributed by atoms with Gasteiger partial charge in [-0.15, -0.1) is 35.4 Å². The van der Waals surface area contributed by atoms with E-state index in [-0.39, 0.29) is 44.0 Å². The van der Waals surface area contributed by atoms with E-state index in [1.807, 2.05) is 25.1 Å². The number of aryl methyl sites for hydroxylation is 1. The Kier molecular flexibility index (Phi) is 5.47. The van der Waals surface area contributed by atoms with Gasteiger partial charge in [0.15, 0.2) is 0 Å². The van der Waals surface area contributed by atoms with Crippen molar-refractivity contribution in [3.63, 3.8) is 0 Å². The second-order valence-electron chi connectivity index (χ2n) is 7.87. The van der Waals surface area contributed by atoms with Crippen LogP contribution in [0.4, 0.5) is 0 Å². The summed E-state index contributed by atoms with van der Waals surface area (Å²) in [5.74, 6) is 0.0283. The molecule has 130 valence electrons. The molecule has 1 aliphatic heterocycles. The van der Waals surface area contributed by atoms with Gasteiger partial charge in [-0.05, 0) is 37.2 Å². The largest absolute Gasteiger partial charge is 0.381 e. The second kappa shape index (κ2) is 6.77. The van der Waals surface area contributed by atoms with Crippen molar-refractivity contribution in [2.24, 2.45) is 5.41 Å². The molecular weight excluding hydrogens is 470 g/mol. The summed E-state index contributed by atoms with van der Waals surface area (Å²) < 4.78 is 5.68. The molecule has 1 aliphatic carbocycles. The third kappa shape index (κ3) is 3.26. The quantitative estimate of drug-likeness (QED) is 0.636. The first-order valence-electron chi connectivity index (χ1n) is 8.32. The van der Waals surface area contributed by atoms with Gasteiger partial charge in [0.1, 0.15) is 0 Å². The average molecular weight is 496 g/mol. The molecule has 1 aromatic rings. The number of rotatable bonds is 2. The first kappa shape index (κ1) is 19.4. The average Bonchev–Trinajstić information content (AvgIpc) is 2.68. The molecule has 1 N–H and O–H groups in total. The van der Waals surface area contributed by atoms with Crippen LogP contribution in [-0.2, 0) is 30.6 Å². The third-order valence-corrected chi connectivity index (χ3v) is 5.46. The minimum atomic E-state index is -0.287. The van der Waals surface area contributed by atoms with Crippen LogP contribution in [0.5, 0.6) is 0 Å².